The van der Waals surface area contributed by atoms with Crippen molar-refractivity contribution in [1.82, 2.24) is 4.90 Å². The van der Waals surface area contributed by atoms with Crippen molar-refractivity contribution in [2.45, 2.75) is 64.5 Å². The Bertz CT molecular complexity index is 450. The van der Waals surface area contributed by atoms with Crippen molar-refractivity contribution in [2.24, 2.45) is 5.92 Å². The van der Waals surface area contributed by atoms with Gasteiger partial charge in [0, 0.05) is 13.1 Å². The van der Waals surface area contributed by atoms with Crippen molar-refractivity contribution in [1.29, 1.82) is 0 Å². The average Bonchev–Trinajstić information content (AvgIpc) is 2.75. The summed E-state index contributed by atoms with van der Waals surface area (Å²) < 4.78 is 40.8. The van der Waals surface area contributed by atoms with E-state index in [1.54, 1.807) is 6.08 Å². The van der Waals surface area contributed by atoms with E-state index in [9.17, 15) is 13.2 Å². The van der Waals surface area contributed by atoms with Crippen LogP contribution in [0.15, 0.2) is 23.3 Å². The van der Waals surface area contributed by atoms with Crippen molar-refractivity contribution in [2.75, 3.05) is 32.8 Å². The van der Waals surface area contributed by atoms with Crippen LogP contribution >= 0.6 is 0 Å². The number of ether oxygens (including phenoxy) is 1. The van der Waals surface area contributed by atoms with Gasteiger partial charge in [0.2, 0.25) is 0 Å². The van der Waals surface area contributed by atoms with Gasteiger partial charge in [0.05, 0.1) is 6.61 Å². The highest BCUT2D eigenvalue weighted by Gasteiger charge is 2.27. The number of halogens is 3. The van der Waals surface area contributed by atoms with E-state index < -0.39 is 12.8 Å². The summed E-state index contributed by atoms with van der Waals surface area (Å²) in [4.78, 5) is 2.55. The van der Waals surface area contributed by atoms with Crippen LogP contribution in [0, 0.1) is 5.92 Å². The second kappa shape index (κ2) is 10.4. The molecule has 1 aliphatic carbocycles. The zero-order valence-corrected chi connectivity index (χ0v) is 15.4. The maximum absolute atomic E-state index is 12.0. The largest absolute Gasteiger partial charge is 0.411 e. The topological polar surface area (TPSA) is 12.5 Å². The van der Waals surface area contributed by atoms with Crippen molar-refractivity contribution < 1.29 is 17.9 Å². The van der Waals surface area contributed by atoms with Crippen LogP contribution in [0.5, 0.6) is 0 Å². The lowest BCUT2D eigenvalue weighted by molar-refractivity contribution is -0.171. The van der Waals surface area contributed by atoms with Gasteiger partial charge in [-0.1, -0.05) is 49.8 Å². The Balaban J connectivity index is 1.69. The molecule has 2 nitrogen and oxygen atoms in total. The van der Waals surface area contributed by atoms with Crippen LogP contribution in [-0.4, -0.2) is 43.9 Å². The molecule has 1 heterocycles. The number of hydrogen-bond donors (Lipinski definition) is 0. The van der Waals surface area contributed by atoms with Crippen LogP contribution in [0.2, 0.25) is 0 Å². The van der Waals surface area contributed by atoms with E-state index in [1.165, 1.54) is 56.2 Å². The molecule has 0 spiro atoms. The van der Waals surface area contributed by atoms with Gasteiger partial charge in [-0.25, -0.2) is 0 Å². The van der Waals surface area contributed by atoms with Crippen molar-refractivity contribution in [3.63, 3.8) is 0 Å². The third-order valence-corrected chi connectivity index (χ3v) is 5.43. The van der Waals surface area contributed by atoms with E-state index in [-0.39, 0.29) is 6.61 Å². The molecule has 0 amide bonds. The summed E-state index contributed by atoms with van der Waals surface area (Å²) in [7, 11) is 0. The Kier molecular flexibility index (Phi) is 8.50. The summed E-state index contributed by atoms with van der Waals surface area (Å²) in [6.07, 6.45) is 9.77. The molecule has 0 saturated heterocycles. The minimum atomic E-state index is -4.25. The summed E-state index contributed by atoms with van der Waals surface area (Å²) >= 11 is 0. The Morgan fingerprint density at radius 1 is 1.12 bits per heavy atom. The number of nitrogens with zero attached hydrogens (tertiary/aromatic N) is 1. The van der Waals surface area contributed by atoms with Crippen LogP contribution in [-0.2, 0) is 4.74 Å². The lowest BCUT2D eigenvalue weighted by Gasteiger charge is -2.26. The maximum atomic E-state index is 12.0. The Hall–Kier alpha value is -0.810. The molecule has 0 unspecified atom stereocenters. The third kappa shape index (κ3) is 8.41. The van der Waals surface area contributed by atoms with Gasteiger partial charge in [0.25, 0.3) is 0 Å². The van der Waals surface area contributed by atoms with Crippen molar-refractivity contribution in [3.05, 3.63) is 23.3 Å². The normalized spacial score (nSPS) is 21.9. The fraction of sp³-hybridized carbons (Fsp3) is 0.800. The van der Waals surface area contributed by atoms with Gasteiger partial charge in [-0.15, -0.1) is 0 Å². The zero-order chi connectivity index (χ0) is 18.1. The molecule has 1 saturated carbocycles. The van der Waals surface area contributed by atoms with E-state index in [0.717, 1.165) is 31.8 Å². The highest BCUT2D eigenvalue weighted by atomic mass is 19.4. The van der Waals surface area contributed by atoms with E-state index in [2.05, 4.69) is 16.6 Å². The predicted molar refractivity (Wildman–Crippen MR) is 95.6 cm³/mol. The second-order valence-corrected chi connectivity index (χ2v) is 7.47. The van der Waals surface area contributed by atoms with Gasteiger partial charge < -0.3 is 9.64 Å². The van der Waals surface area contributed by atoms with Crippen LogP contribution in [0.3, 0.4) is 0 Å². The quantitative estimate of drug-likeness (QED) is 0.556. The predicted octanol–water partition coefficient (Wildman–Crippen LogP) is 5.50. The molecule has 0 aromatic carbocycles. The van der Waals surface area contributed by atoms with E-state index >= 15 is 0 Å². The van der Waals surface area contributed by atoms with Crippen LogP contribution in [0.4, 0.5) is 13.2 Å². The molecule has 0 bridgehead atoms. The van der Waals surface area contributed by atoms with Crippen molar-refractivity contribution >= 4 is 0 Å². The van der Waals surface area contributed by atoms with E-state index in [1.807, 2.05) is 6.08 Å². The van der Waals surface area contributed by atoms with Crippen molar-refractivity contribution in [3.8, 4) is 0 Å². The molecule has 5 heteroatoms. The lowest BCUT2D eigenvalue weighted by atomic mass is 9.87. The highest BCUT2D eigenvalue weighted by Crippen LogP contribution is 2.27. The fourth-order valence-corrected chi connectivity index (χ4v) is 3.81. The first-order valence-corrected chi connectivity index (χ1v) is 9.66. The first-order chi connectivity index (χ1) is 11.9. The second-order valence-electron chi connectivity index (χ2n) is 7.47. The molecule has 0 aromatic rings. The molecule has 1 fully saturated rings. The van der Waals surface area contributed by atoms with Crippen LogP contribution < -0.4 is 0 Å². The first-order valence-electron chi connectivity index (χ1n) is 9.66. The molecule has 0 atom stereocenters. The number of allylic oxidation sites excluding steroid dienone is 1. The average molecular weight is 359 g/mol. The first kappa shape index (κ1) is 20.5. The molecular formula is C20H32F3NO. The van der Waals surface area contributed by atoms with Gasteiger partial charge in [-0.3, -0.25) is 0 Å². The molecule has 0 aromatic heterocycles. The fourth-order valence-electron chi connectivity index (χ4n) is 3.81. The Morgan fingerprint density at radius 2 is 1.84 bits per heavy atom. The SMILES string of the molecule is CC1=C(/C=C\COCC(F)(F)F)CCN(CCC2CCCCC2)CC1. The van der Waals surface area contributed by atoms with Gasteiger partial charge in [0.15, 0.2) is 0 Å². The molecule has 2 aliphatic rings. The molecule has 144 valence electrons. The standard InChI is InChI=1S/C20H32F3NO/c1-17-9-12-24(13-10-18-6-3-2-4-7-18)14-11-19(17)8-5-15-25-16-20(21,22)23/h5,8,18H,2-4,6-7,9-16H2,1H3/b8-5-. The zero-order valence-electron chi connectivity index (χ0n) is 15.4. The number of hydrogen-bond acceptors (Lipinski definition) is 2. The third-order valence-electron chi connectivity index (χ3n) is 5.43. The molecule has 25 heavy (non-hydrogen) atoms. The minimum Gasteiger partial charge on any atom is -0.368 e. The Labute approximate surface area is 150 Å². The monoisotopic (exact) mass is 359 g/mol. The highest BCUT2D eigenvalue weighted by molar-refractivity contribution is 5.26. The van der Waals surface area contributed by atoms with Crippen LogP contribution in [0.25, 0.3) is 0 Å². The summed E-state index contributed by atoms with van der Waals surface area (Å²) in [5.74, 6) is 0.913. The summed E-state index contributed by atoms with van der Waals surface area (Å²) in [6.45, 7) is 4.31. The van der Waals surface area contributed by atoms with Gasteiger partial charge in [-0.05, 0) is 44.2 Å². The maximum Gasteiger partial charge on any atom is 0.411 e. The molecule has 1 aliphatic heterocycles. The smallest absolute Gasteiger partial charge is 0.368 e. The minimum absolute atomic E-state index is 0.0156. The van der Waals surface area contributed by atoms with E-state index in [0.29, 0.717) is 0 Å². The number of alkyl halides is 3. The van der Waals surface area contributed by atoms with Gasteiger partial charge in [-0.2, -0.15) is 13.2 Å². The van der Waals surface area contributed by atoms with Gasteiger partial charge in [0.1, 0.15) is 6.61 Å². The Morgan fingerprint density at radius 3 is 2.56 bits per heavy atom. The molecular weight excluding hydrogens is 327 g/mol. The summed E-state index contributed by atoms with van der Waals surface area (Å²) in [5, 5.41) is 0. The summed E-state index contributed by atoms with van der Waals surface area (Å²) in [5.41, 5.74) is 2.61. The van der Waals surface area contributed by atoms with Gasteiger partial charge >= 0.3 is 6.18 Å². The van der Waals surface area contributed by atoms with Crippen LogP contribution in [0.1, 0.15) is 58.3 Å². The number of rotatable bonds is 7. The lowest BCUT2D eigenvalue weighted by Crippen LogP contribution is -2.28. The molecule has 2 rings (SSSR count). The summed E-state index contributed by atoms with van der Waals surface area (Å²) in [6, 6.07) is 0. The van der Waals surface area contributed by atoms with E-state index in [4.69, 9.17) is 0 Å². The molecule has 0 N–H and O–H groups in total. The molecule has 0 radical (unpaired) electrons.